The third-order valence-electron chi connectivity index (χ3n) is 1.96. The van der Waals surface area contributed by atoms with E-state index in [4.69, 9.17) is 11.5 Å². The van der Waals surface area contributed by atoms with Crippen molar-refractivity contribution in [3.8, 4) is 0 Å². The Morgan fingerprint density at radius 1 is 1.21 bits per heavy atom. The normalized spacial score (nSPS) is 14.1. The molecule has 0 bridgehead atoms. The van der Waals surface area contributed by atoms with Crippen LogP contribution in [0.2, 0.25) is 0 Å². The molecule has 0 aliphatic carbocycles. The average molecular weight is 204 g/mol. The third kappa shape index (κ3) is 2.24. The minimum Gasteiger partial charge on any atom is -0.326 e. The van der Waals surface area contributed by atoms with Gasteiger partial charge >= 0.3 is 6.18 Å². The van der Waals surface area contributed by atoms with Crippen LogP contribution in [0.5, 0.6) is 0 Å². The first-order valence-electron chi connectivity index (χ1n) is 4.07. The van der Waals surface area contributed by atoms with Crippen LogP contribution in [0.4, 0.5) is 13.2 Å². The number of hydrogen-bond donors (Lipinski definition) is 2. The first kappa shape index (κ1) is 11.0. The van der Waals surface area contributed by atoms with Gasteiger partial charge in [0.2, 0.25) is 0 Å². The van der Waals surface area contributed by atoms with Gasteiger partial charge in [-0.3, -0.25) is 0 Å². The van der Waals surface area contributed by atoms with Crippen molar-refractivity contribution in [3.05, 3.63) is 35.4 Å². The molecule has 5 heteroatoms. The second-order valence-corrected chi connectivity index (χ2v) is 2.92. The molecule has 0 aliphatic rings. The molecule has 1 atom stereocenters. The van der Waals surface area contributed by atoms with Crippen molar-refractivity contribution in [1.82, 2.24) is 0 Å². The molecule has 14 heavy (non-hydrogen) atoms. The van der Waals surface area contributed by atoms with E-state index >= 15 is 0 Å². The van der Waals surface area contributed by atoms with Crippen molar-refractivity contribution in [2.24, 2.45) is 11.5 Å². The minimum atomic E-state index is -4.43. The fourth-order valence-electron chi connectivity index (χ4n) is 1.20. The predicted molar refractivity (Wildman–Crippen MR) is 47.3 cm³/mol. The van der Waals surface area contributed by atoms with E-state index in [0.717, 1.165) is 0 Å². The molecule has 0 saturated heterocycles. The van der Waals surface area contributed by atoms with Gasteiger partial charge < -0.3 is 11.5 Å². The van der Waals surface area contributed by atoms with Crippen LogP contribution in [0.3, 0.4) is 0 Å². The molecule has 0 amide bonds. The van der Waals surface area contributed by atoms with Crippen LogP contribution in [-0.2, 0) is 6.54 Å². The molecule has 0 radical (unpaired) electrons. The zero-order valence-electron chi connectivity index (χ0n) is 7.38. The summed E-state index contributed by atoms with van der Waals surface area (Å²) in [6.45, 7) is 0.0555. The van der Waals surface area contributed by atoms with Gasteiger partial charge in [0.1, 0.15) is 6.04 Å². The average Bonchev–Trinajstić information content (AvgIpc) is 2.15. The summed E-state index contributed by atoms with van der Waals surface area (Å²) in [5.74, 6) is 0. The van der Waals surface area contributed by atoms with E-state index in [1.807, 2.05) is 0 Å². The lowest BCUT2D eigenvalue weighted by atomic mass is 10.0. The second kappa shape index (κ2) is 3.98. The van der Waals surface area contributed by atoms with E-state index in [-0.39, 0.29) is 12.1 Å². The fraction of sp³-hybridized carbons (Fsp3) is 0.333. The Balaban J connectivity index is 3.06. The first-order valence-corrected chi connectivity index (χ1v) is 4.07. The highest BCUT2D eigenvalue weighted by Gasteiger charge is 2.38. The number of nitrogens with two attached hydrogens (primary N) is 2. The fourth-order valence-corrected chi connectivity index (χ4v) is 1.20. The van der Waals surface area contributed by atoms with E-state index < -0.39 is 12.2 Å². The van der Waals surface area contributed by atoms with Crippen molar-refractivity contribution in [2.45, 2.75) is 18.8 Å². The molecule has 0 unspecified atom stereocenters. The summed E-state index contributed by atoms with van der Waals surface area (Å²) in [5.41, 5.74) is 10.8. The Labute approximate surface area is 79.7 Å². The molecule has 1 rings (SSSR count). The van der Waals surface area contributed by atoms with Crippen molar-refractivity contribution in [3.63, 3.8) is 0 Å². The first-order chi connectivity index (χ1) is 6.46. The molecule has 0 spiro atoms. The highest BCUT2D eigenvalue weighted by atomic mass is 19.4. The standard InChI is InChI=1S/C9H11F3N2/c10-9(11,12)8(14)7-4-2-1-3-6(7)5-13/h1-4,8H,5,13-14H2/t8-/m1/s1. The van der Waals surface area contributed by atoms with Crippen LogP contribution < -0.4 is 11.5 Å². The van der Waals surface area contributed by atoms with Crippen molar-refractivity contribution in [2.75, 3.05) is 0 Å². The van der Waals surface area contributed by atoms with E-state index in [0.29, 0.717) is 5.56 Å². The smallest absolute Gasteiger partial charge is 0.326 e. The van der Waals surface area contributed by atoms with Crippen LogP contribution in [-0.4, -0.2) is 6.18 Å². The molecule has 0 aromatic heterocycles. The van der Waals surface area contributed by atoms with Gasteiger partial charge in [-0.2, -0.15) is 13.2 Å². The molecule has 0 heterocycles. The number of hydrogen-bond acceptors (Lipinski definition) is 2. The third-order valence-corrected chi connectivity index (χ3v) is 1.96. The number of alkyl halides is 3. The van der Waals surface area contributed by atoms with Gasteiger partial charge in [0.15, 0.2) is 0 Å². The van der Waals surface area contributed by atoms with Crippen LogP contribution in [0.15, 0.2) is 24.3 Å². The Hall–Kier alpha value is -1.07. The number of benzene rings is 1. The molecule has 0 saturated carbocycles. The van der Waals surface area contributed by atoms with Gasteiger partial charge in [0.25, 0.3) is 0 Å². The quantitative estimate of drug-likeness (QED) is 0.770. The summed E-state index contributed by atoms with van der Waals surface area (Å²) in [5, 5.41) is 0. The largest absolute Gasteiger partial charge is 0.407 e. The van der Waals surface area contributed by atoms with Crippen LogP contribution in [0, 0.1) is 0 Å². The summed E-state index contributed by atoms with van der Waals surface area (Å²) >= 11 is 0. The molecule has 0 fully saturated rings. The van der Waals surface area contributed by atoms with Crippen LogP contribution >= 0.6 is 0 Å². The lowest BCUT2D eigenvalue weighted by Crippen LogP contribution is -2.29. The Morgan fingerprint density at radius 3 is 2.29 bits per heavy atom. The van der Waals surface area contributed by atoms with Crippen LogP contribution in [0.1, 0.15) is 17.2 Å². The van der Waals surface area contributed by atoms with Crippen molar-refractivity contribution >= 4 is 0 Å². The Morgan fingerprint density at radius 2 is 1.79 bits per heavy atom. The van der Waals surface area contributed by atoms with Gasteiger partial charge in [0.05, 0.1) is 0 Å². The van der Waals surface area contributed by atoms with E-state index in [1.54, 1.807) is 12.1 Å². The van der Waals surface area contributed by atoms with Crippen LogP contribution in [0.25, 0.3) is 0 Å². The van der Waals surface area contributed by atoms with Gasteiger partial charge in [-0.15, -0.1) is 0 Å². The Bertz CT molecular complexity index is 309. The molecule has 4 N–H and O–H groups in total. The number of halogens is 3. The molecular weight excluding hydrogens is 193 g/mol. The number of rotatable bonds is 2. The topological polar surface area (TPSA) is 52.0 Å². The van der Waals surface area contributed by atoms with E-state index in [1.165, 1.54) is 12.1 Å². The molecule has 2 nitrogen and oxygen atoms in total. The highest BCUT2D eigenvalue weighted by Crippen LogP contribution is 2.31. The van der Waals surface area contributed by atoms with Gasteiger partial charge in [0, 0.05) is 6.54 Å². The molecular formula is C9H11F3N2. The van der Waals surface area contributed by atoms with Crippen molar-refractivity contribution in [1.29, 1.82) is 0 Å². The zero-order valence-corrected chi connectivity index (χ0v) is 7.38. The molecule has 1 aromatic carbocycles. The lowest BCUT2D eigenvalue weighted by molar-refractivity contribution is -0.149. The summed E-state index contributed by atoms with van der Waals surface area (Å²) < 4.78 is 36.9. The molecule has 78 valence electrons. The van der Waals surface area contributed by atoms with Gasteiger partial charge in [-0.25, -0.2) is 0 Å². The maximum atomic E-state index is 12.3. The lowest BCUT2D eigenvalue weighted by Gasteiger charge is -2.18. The summed E-state index contributed by atoms with van der Waals surface area (Å²) in [6.07, 6.45) is -4.43. The van der Waals surface area contributed by atoms with E-state index in [9.17, 15) is 13.2 Å². The highest BCUT2D eigenvalue weighted by molar-refractivity contribution is 5.30. The summed E-state index contributed by atoms with van der Waals surface area (Å²) in [7, 11) is 0. The summed E-state index contributed by atoms with van der Waals surface area (Å²) in [6, 6.07) is 4.08. The zero-order chi connectivity index (χ0) is 10.8. The predicted octanol–water partition coefficient (Wildman–Crippen LogP) is 1.71. The molecule has 0 aliphatic heterocycles. The monoisotopic (exact) mass is 204 g/mol. The van der Waals surface area contributed by atoms with Gasteiger partial charge in [-0.05, 0) is 11.1 Å². The molecule has 1 aromatic rings. The van der Waals surface area contributed by atoms with E-state index in [2.05, 4.69) is 0 Å². The SMILES string of the molecule is NCc1ccccc1[C@@H](N)C(F)(F)F. The second-order valence-electron chi connectivity index (χ2n) is 2.92. The summed E-state index contributed by atoms with van der Waals surface area (Å²) in [4.78, 5) is 0. The minimum absolute atomic E-state index is 0.0440. The van der Waals surface area contributed by atoms with Gasteiger partial charge in [-0.1, -0.05) is 24.3 Å². The maximum absolute atomic E-state index is 12.3. The van der Waals surface area contributed by atoms with Crippen molar-refractivity contribution < 1.29 is 13.2 Å². The maximum Gasteiger partial charge on any atom is 0.407 e. The Kier molecular flexibility index (Phi) is 3.13.